The van der Waals surface area contributed by atoms with E-state index in [1.54, 1.807) is 4.90 Å². The maximum Gasteiger partial charge on any atom is 0.222 e. The molecule has 13 heavy (non-hydrogen) atoms. The number of carbonyl (C=O) groups is 1. The van der Waals surface area contributed by atoms with Crippen LogP contribution in [-0.4, -0.2) is 29.7 Å². The Morgan fingerprint density at radius 1 is 1.31 bits per heavy atom. The molecule has 0 aliphatic carbocycles. The maximum atomic E-state index is 11.4. The third kappa shape index (κ3) is 7.05. The van der Waals surface area contributed by atoms with Gasteiger partial charge in [-0.25, -0.2) is 0 Å². The summed E-state index contributed by atoms with van der Waals surface area (Å²) in [5.74, 6) is 0.274. The number of halogens is 1. The van der Waals surface area contributed by atoms with Gasteiger partial charge in [-0.15, -0.1) is 0 Å². The molecule has 3 heteroatoms. The number of rotatable bonds is 7. The number of hydrogen-bond donors (Lipinski definition) is 0. The van der Waals surface area contributed by atoms with Crippen molar-refractivity contribution < 1.29 is 4.79 Å². The first kappa shape index (κ1) is 12.9. The minimum atomic E-state index is 0.274. The molecule has 0 N–H and O–H groups in total. The molecule has 0 atom stereocenters. The van der Waals surface area contributed by atoms with Gasteiger partial charge in [0.05, 0.1) is 0 Å². The number of amides is 1. The van der Waals surface area contributed by atoms with Gasteiger partial charge in [0.25, 0.3) is 0 Å². The number of hydrogen-bond acceptors (Lipinski definition) is 1. The van der Waals surface area contributed by atoms with Gasteiger partial charge in [-0.1, -0.05) is 42.1 Å². The molecule has 0 aromatic heterocycles. The first-order chi connectivity index (χ1) is 6.22. The summed E-state index contributed by atoms with van der Waals surface area (Å²) in [6, 6.07) is 0. The molecule has 0 saturated heterocycles. The molecule has 0 spiro atoms. The lowest BCUT2D eigenvalue weighted by Crippen LogP contribution is -2.28. The Bertz CT molecular complexity index is 139. The molecular formula is C10H20BrNO. The average Bonchev–Trinajstić information content (AvgIpc) is 2.12. The first-order valence-electron chi connectivity index (χ1n) is 5.02. The third-order valence-electron chi connectivity index (χ3n) is 2.09. The lowest BCUT2D eigenvalue weighted by Gasteiger charge is -2.15. The van der Waals surface area contributed by atoms with Gasteiger partial charge in [0, 0.05) is 25.3 Å². The molecule has 0 fully saturated rings. The smallest absolute Gasteiger partial charge is 0.222 e. The molecule has 2 nitrogen and oxygen atoms in total. The maximum absolute atomic E-state index is 11.4. The van der Waals surface area contributed by atoms with E-state index in [1.807, 2.05) is 7.05 Å². The summed E-state index contributed by atoms with van der Waals surface area (Å²) in [4.78, 5) is 13.2. The largest absolute Gasteiger partial charge is 0.345 e. The second kappa shape index (κ2) is 8.54. The van der Waals surface area contributed by atoms with Crippen molar-refractivity contribution in [2.45, 2.75) is 39.0 Å². The van der Waals surface area contributed by atoms with Crippen molar-refractivity contribution in [3.8, 4) is 0 Å². The number of carbonyl (C=O) groups excluding carboxylic acids is 1. The zero-order valence-corrected chi connectivity index (χ0v) is 10.3. The van der Waals surface area contributed by atoms with E-state index in [1.165, 1.54) is 19.3 Å². The van der Waals surface area contributed by atoms with Gasteiger partial charge in [-0.05, 0) is 6.42 Å². The molecule has 0 aromatic carbocycles. The van der Waals surface area contributed by atoms with E-state index < -0.39 is 0 Å². The zero-order valence-electron chi connectivity index (χ0n) is 8.68. The topological polar surface area (TPSA) is 20.3 Å². The van der Waals surface area contributed by atoms with Crippen molar-refractivity contribution in [2.24, 2.45) is 0 Å². The van der Waals surface area contributed by atoms with E-state index in [0.29, 0.717) is 6.42 Å². The van der Waals surface area contributed by atoms with Crippen LogP contribution >= 0.6 is 15.9 Å². The van der Waals surface area contributed by atoms with Crippen LogP contribution in [0, 0.1) is 0 Å². The average molecular weight is 250 g/mol. The molecule has 78 valence electrons. The quantitative estimate of drug-likeness (QED) is 0.502. The van der Waals surface area contributed by atoms with Crippen molar-refractivity contribution in [3.05, 3.63) is 0 Å². The molecule has 0 aromatic rings. The lowest BCUT2D eigenvalue weighted by atomic mass is 10.1. The predicted octanol–water partition coefficient (Wildman–Crippen LogP) is 2.81. The van der Waals surface area contributed by atoms with E-state index >= 15 is 0 Å². The molecular weight excluding hydrogens is 230 g/mol. The predicted molar refractivity (Wildman–Crippen MR) is 60.2 cm³/mol. The fourth-order valence-corrected chi connectivity index (χ4v) is 1.68. The van der Waals surface area contributed by atoms with Crippen LogP contribution in [0.3, 0.4) is 0 Å². The molecule has 1 amide bonds. The van der Waals surface area contributed by atoms with Gasteiger partial charge in [0.1, 0.15) is 0 Å². The van der Waals surface area contributed by atoms with Gasteiger partial charge in [0.15, 0.2) is 0 Å². The zero-order chi connectivity index (χ0) is 10.1. The third-order valence-corrected chi connectivity index (χ3v) is 2.44. The first-order valence-corrected chi connectivity index (χ1v) is 6.14. The number of alkyl halides is 1. The fraction of sp³-hybridized carbons (Fsp3) is 0.900. The summed E-state index contributed by atoms with van der Waals surface area (Å²) in [6.45, 7) is 2.99. The van der Waals surface area contributed by atoms with Crippen LogP contribution in [0.1, 0.15) is 39.0 Å². The van der Waals surface area contributed by atoms with E-state index in [0.717, 1.165) is 18.3 Å². The minimum absolute atomic E-state index is 0.274. The Balaban J connectivity index is 3.38. The Morgan fingerprint density at radius 2 is 2.00 bits per heavy atom. The Morgan fingerprint density at radius 3 is 2.54 bits per heavy atom. The van der Waals surface area contributed by atoms with Gasteiger partial charge in [0.2, 0.25) is 5.91 Å². The lowest BCUT2D eigenvalue weighted by molar-refractivity contribution is -0.129. The molecule has 0 bridgehead atoms. The summed E-state index contributed by atoms with van der Waals surface area (Å²) in [6.07, 6.45) is 5.41. The molecule has 0 aliphatic heterocycles. The van der Waals surface area contributed by atoms with Crippen LogP contribution in [-0.2, 0) is 4.79 Å². The van der Waals surface area contributed by atoms with Crippen LogP contribution in [0.5, 0.6) is 0 Å². The highest BCUT2D eigenvalue weighted by molar-refractivity contribution is 9.09. The molecule has 0 aliphatic rings. The van der Waals surface area contributed by atoms with E-state index in [9.17, 15) is 4.79 Å². The van der Waals surface area contributed by atoms with Crippen LogP contribution in [0.2, 0.25) is 0 Å². The van der Waals surface area contributed by atoms with Crippen molar-refractivity contribution >= 4 is 21.8 Å². The SMILES string of the molecule is CCCCCCC(=O)N(C)CCBr. The fourth-order valence-electron chi connectivity index (χ4n) is 1.15. The second-order valence-electron chi connectivity index (χ2n) is 3.31. The number of unbranched alkanes of at least 4 members (excludes halogenated alkanes) is 3. The summed E-state index contributed by atoms with van der Waals surface area (Å²) < 4.78 is 0. The Labute approximate surface area is 89.8 Å². The van der Waals surface area contributed by atoms with Crippen molar-refractivity contribution in [3.63, 3.8) is 0 Å². The van der Waals surface area contributed by atoms with Gasteiger partial charge in [-0.2, -0.15) is 0 Å². The highest BCUT2D eigenvalue weighted by Gasteiger charge is 2.06. The summed E-state index contributed by atoms with van der Waals surface area (Å²) >= 11 is 3.32. The van der Waals surface area contributed by atoms with Gasteiger partial charge < -0.3 is 4.90 Å². The standard InChI is InChI=1S/C10H20BrNO/c1-3-4-5-6-7-10(13)12(2)9-8-11/h3-9H2,1-2H3. The van der Waals surface area contributed by atoms with Gasteiger partial charge in [-0.3, -0.25) is 4.79 Å². The Kier molecular flexibility index (Phi) is 8.51. The van der Waals surface area contributed by atoms with Crippen molar-refractivity contribution in [1.82, 2.24) is 4.90 Å². The molecule has 0 radical (unpaired) electrons. The van der Waals surface area contributed by atoms with E-state index in [2.05, 4.69) is 22.9 Å². The van der Waals surface area contributed by atoms with Crippen LogP contribution < -0.4 is 0 Å². The Hall–Kier alpha value is -0.0500. The van der Waals surface area contributed by atoms with E-state index in [-0.39, 0.29) is 5.91 Å². The van der Waals surface area contributed by atoms with Crippen molar-refractivity contribution in [1.29, 1.82) is 0 Å². The van der Waals surface area contributed by atoms with Gasteiger partial charge >= 0.3 is 0 Å². The molecule has 0 rings (SSSR count). The molecule has 0 heterocycles. The van der Waals surface area contributed by atoms with Crippen LogP contribution in [0.4, 0.5) is 0 Å². The summed E-state index contributed by atoms with van der Waals surface area (Å²) in [5, 5.41) is 0.865. The van der Waals surface area contributed by atoms with Crippen LogP contribution in [0.15, 0.2) is 0 Å². The minimum Gasteiger partial charge on any atom is -0.345 e. The summed E-state index contributed by atoms with van der Waals surface area (Å²) in [5.41, 5.74) is 0. The van der Waals surface area contributed by atoms with Crippen LogP contribution in [0.25, 0.3) is 0 Å². The highest BCUT2D eigenvalue weighted by atomic mass is 79.9. The number of nitrogens with zero attached hydrogens (tertiary/aromatic N) is 1. The molecule has 0 unspecified atom stereocenters. The normalized spacial score (nSPS) is 10.1. The monoisotopic (exact) mass is 249 g/mol. The van der Waals surface area contributed by atoms with Crippen molar-refractivity contribution in [2.75, 3.05) is 18.9 Å². The summed E-state index contributed by atoms with van der Waals surface area (Å²) in [7, 11) is 1.86. The second-order valence-corrected chi connectivity index (χ2v) is 4.11. The van der Waals surface area contributed by atoms with E-state index in [4.69, 9.17) is 0 Å². The molecule has 0 saturated carbocycles. The highest BCUT2D eigenvalue weighted by Crippen LogP contribution is 2.04.